The third-order valence-corrected chi connectivity index (χ3v) is 3.71. The fraction of sp³-hybridized carbons (Fsp3) is 0.438. The summed E-state index contributed by atoms with van der Waals surface area (Å²) in [7, 11) is 0. The van der Waals surface area contributed by atoms with Crippen molar-refractivity contribution in [3.05, 3.63) is 29.8 Å². The molecule has 3 rings (SSSR count). The van der Waals surface area contributed by atoms with Crippen molar-refractivity contribution in [1.82, 2.24) is 0 Å². The minimum Gasteiger partial charge on any atom is -0.460 e. The van der Waals surface area contributed by atoms with E-state index in [2.05, 4.69) is 5.32 Å². The van der Waals surface area contributed by atoms with E-state index < -0.39 is 18.0 Å². The first-order valence-corrected chi connectivity index (χ1v) is 7.35. The van der Waals surface area contributed by atoms with Gasteiger partial charge in [0.05, 0.1) is 5.56 Å². The SMILES string of the molecule is C[C@H]1C[C@H](OC(=O)c2ccc(NC(=O)C3CC3)cc2)C(=O)O1. The number of hydrogen-bond acceptors (Lipinski definition) is 5. The van der Waals surface area contributed by atoms with Crippen LogP contribution in [0.1, 0.15) is 36.5 Å². The minimum absolute atomic E-state index is 0.0121. The molecule has 1 aliphatic heterocycles. The Morgan fingerprint density at radius 3 is 2.45 bits per heavy atom. The molecule has 22 heavy (non-hydrogen) atoms. The Bertz CT molecular complexity index is 605. The average Bonchev–Trinajstić information content (AvgIpc) is 3.27. The van der Waals surface area contributed by atoms with Crippen LogP contribution in [0.4, 0.5) is 5.69 Å². The van der Waals surface area contributed by atoms with E-state index in [-0.39, 0.29) is 17.9 Å². The molecule has 116 valence electrons. The van der Waals surface area contributed by atoms with Gasteiger partial charge in [-0.1, -0.05) is 0 Å². The summed E-state index contributed by atoms with van der Waals surface area (Å²) in [6.07, 6.45) is 1.18. The predicted octanol–water partition coefficient (Wildman–Crippen LogP) is 1.90. The van der Waals surface area contributed by atoms with Crippen molar-refractivity contribution >= 4 is 23.5 Å². The van der Waals surface area contributed by atoms with Gasteiger partial charge in [0.1, 0.15) is 6.10 Å². The third-order valence-electron chi connectivity index (χ3n) is 3.71. The van der Waals surface area contributed by atoms with Gasteiger partial charge in [0.25, 0.3) is 0 Å². The Morgan fingerprint density at radius 1 is 1.23 bits per heavy atom. The average molecular weight is 303 g/mol. The molecular formula is C16H17NO5. The number of hydrogen-bond donors (Lipinski definition) is 1. The molecule has 1 aromatic rings. The first-order valence-electron chi connectivity index (χ1n) is 7.35. The van der Waals surface area contributed by atoms with Crippen molar-refractivity contribution in [2.24, 2.45) is 5.92 Å². The van der Waals surface area contributed by atoms with Crippen molar-refractivity contribution in [3.8, 4) is 0 Å². The summed E-state index contributed by atoms with van der Waals surface area (Å²) < 4.78 is 10.1. The van der Waals surface area contributed by atoms with Gasteiger partial charge in [0, 0.05) is 18.0 Å². The number of carbonyl (C=O) groups is 3. The fourth-order valence-corrected chi connectivity index (χ4v) is 2.29. The number of carbonyl (C=O) groups excluding carboxylic acids is 3. The van der Waals surface area contributed by atoms with E-state index in [1.54, 1.807) is 31.2 Å². The van der Waals surface area contributed by atoms with Crippen LogP contribution in [-0.4, -0.2) is 30.1 Å². The Morgan fingerprint density at radius 2 is 1.91 bits per heavy atom. The highest BCUT2D eigenvalue weighted by Gasteiger charge is 2.35. The Labute approximate surface area is 127 Å². The molecule has 0 spiro atoms. The molecule has 0 unspecified atom stereocenters. The maximum Gasteiger partial charge on any atom is 0.347 e. The quantitative estimate of drug-likeness (QED) is 0.859. The van der Waals surface area contributed by atoms with Crippen molar-refractivity contribution in [2.45, 2.75) is 38.4 Å². The van der Waals surface area contributed by atoms with E-state index in [4.69, 9.17) is 9.47 Å². The zero-order chi connectivity index (χ0) is 15.7. The summed E-state index contributed by atoms with van der Waals surface area (Å²) in [6, 6.07) is 6.42. The van der Waals surface area contributed by atoms with Gasteiger partial charge >= 0.3 is 11.9 Å². The predicted molar refractivity (Wildman–Crippen MR) is 77.2 cm³/mol. The molecule has 2 fully saturated rings. The highest BCUT2D eigenvalue weighted by atomic mass is 16.6. The molecule has 0 radical (unpaired) electrons. The van der Waals surface area contributed by atoms with Crippen LogP contribution in [-0.2, 0) is 19.1 Å². The maximum atomic E-state index is 12.0. The first kappa shape index (κ1) is 14.6. The zero-order valence-electron chi connectivity index (χ0n) is 12.2. The Balaban J connectivity index is 1.58. The van der Waals surface area contributed by atoms with Gasteiger partial charge in [0.2, 0.25) is 12.0 Å². The molecule has 0 aromatic heterocycles. The molecule has 6 heteroatoms. The molecule has 1 aromatic carbocycles. The van der Waals surface area contributed by atoms with Crippen molar-refractivity contribution in [1.29, 1.82) is 0 Å². The molecule has 1 N–H and O–H groups in total. The summed E-state index contributed by atoms with van der Waals surface area (Å²) in [5, 5.41) is 2.79. The van der Waals surface area contributed by atoms with Crippen molar-refractivity contribution in [3.63, 3.8) is 0 Å². The smallest absolute Gasteiger partial charge is 0.347 e. The van der Waals surface area contributed by atoms with E-state index >= 15 is 0 Å². The number of cyclic esters (lactones) is 1. The lowest BCUT2D eigenvalue weighted by Crippen LogP contribution is -2.22. The summed E-state index contributed by atoms with van der Waals surface area (Å²) in [5.41, 5.74) is 0.971. The number of esters is 2. The second kappa shape index (κ2) is 5.79. The van der Waals surface area contributed by atoms with Crippen LogP contribution in [0.5, 0.6) is 0 Å². The van der Waals surface area contributed by atoms with E-state index in [9.17, 15) is 14.4 Å². The number of ether oxygens (including phenoxy) is 2. The van der Waals surface area contributed by atoms with Gasteiger partial charge in [-0.3, -0.25) is 4.79 Å². The first-order chi connectivity index (χ1) is 10.5. The Hall–Kier alpha value is -2.37. The van der Waals surface area contributed by atoms with Crippen molar-refractivity contribution < 1.29 is 23.9 Å². The summed E-state index contributed by atoms with van der Waals surface area (Å²) >= 11 is 0. The van der Waals surface area contributed by atoms with Gasteiger partial charge in [-0.15, -0.1) is 0 Å². The molecule has 1 saturated heterocycles. The second-order valence-electron chi connectivity index (χ2n) is 5.72. The highest BCUT2D eigenvalue weighted by molar-refractivity contribution is 5.95. The lowest BCUT2D eigenvalue weighted by atomic mass is 10.2. The molecule has 0 bridgehead atoms. The monoisotopic (exact) mass is 303 g/mol. The molecule has 1 heterocycles. The lowest BCUT2D eigenvalue weighted by molar-refractivity contribution is -0.147. The van der Waals surface area contributed by atoms with Gasteiger partial charge in [-0.25, -0.2) is 9.59 Å². The van der Waals surface area contributed by atoms with E-state index in [0.717, 1.165) is 12.8 Å². The molecule has 1 aliphatic carbocycles. The van der Waals surface area contributed by atoms with E-state index in [1.807, 2.05) is 0 Å². The van der Waals surface area contributed by atoms with Crippen LogP contribution < -0.4 is 5.32 Å². The van der Waals surface area contributed by atoms with Crippen molar-refractivity contribution in [2.75, 3.05) is 5.32 Å². The molecule has 2 atom stereocenters. The summed E-state index contributed by atoms with van der Waals surface area (Å²) in [4.78, 5) is 35.1. The minimum atomic E-state index is -0.836. The summed E-state index contributed by atoms with van der Waals surface area (Å²) in [6.45, 7) is 1.75. The van der Waals surface area contributed by atoms with Crippen LogP contribution in [0.3, 0.4) is 0 Å². The molecular weight excluding hydrogens is 286 g/mol. The second-order valence-corrected chi connectivity index (χ2v) is 5.72. The van der Waals surface area contributed by atoms with Gasteiger partial charge in [0.15, 0.2) is 0 Å². The maximum absolute atomic E-state index is 12.0. The van der Waals surface area contributed by atoms with E-state index in [0.29, 0.717) is 17.7 Å². The van der Waals surface area contributed by atoms with Crippen LogP contribution in [0.2, 0.25) is 0 Å². The zero-order valence-corrected chi connectivity index (χ0v) is 12.2. The molecule has 2 aliphatic rings. The number of nitrogens with one attached hydrogen (secondary N) is 1. The van der Waals surface area contributed by atoms with Crippen LogP contribution in [0.15, 0.2) is 24.3 Å². The topological polar surface area (TPSA) is 81.7 Å². The normalized spacial score (nSPS) is 23.8. The number of benzene rings is 1. The van der Waals surface area contributed by atoms with Gasteiger partial charge < -0.3 is 14.8 Å². The summed E-state index contributed by atoms with van der Waals surface area (Å²) in [5.74, 6) is -0.941. The highest BCUT2D eigenvalue weighted by Crippen LogP contribution is 2.30. The molecule has 1 saturated carbocycles. The fourth-order valence-electron chi connectivity index (χ4n) is 2.29. The standard InChI is InChI=1S/C16H17NO5/c1-9-8-13(16(20)21-9)22-15(19)11-4-6-12(7-5-11)17-14(18)10-2-3-10/h4-7,9-10,13H,2-3,8H2,1H3,(H,17,18)/t9-,13-/m0/s1. The van der Waals surface area contributed by atoms with E-state index in [1.165, 1.54) is 0 Å². The number of anilines is 1. The van der Waals surface area contributed by atoms with Crippen LogP contribution >= 0.6 is 0 Å². The third kappa shape index (κ3) is 3.27. The molecule has 1 amide bonds. The molecule has 6 nitrogen and oxygen atoms in total. The van der Waals surface area contributed by atoms with Gasteiger partial charge in [-0.2, -0.15) is 0 Å². The largest absolute Gasteiger partial charge is 0.460 e. The van der Waals surface area contributed by atoms with Gasteiger partial charge in [-0.05, 0) is 44.0 Å². The lowest BCUT2D eigenvalue weighted by Gasteiger charge is -2.09. The Kier molecular flexibility index (Phi) is 3.83. The number of amides is 1. The van der Waals surface area contributed by atoms with Crippen LogP contribution in [0.25, 0.3) is 0 Å². The number of rotatable bonds is 4. The van der Waals surface area contributed by atoms with Crippen LogP contribution in [0, 0.1) is 5.92 Å².